The summed E-state index contributed by atoms with van der Waals surface area (Å²) in [5, 5.41) is 1.65. The molecule has 2 aromatic rings. The second kappa shape index (κ2) is 11.3. The Labute approximate surface area is 194 Å². The molecule has 2 saturated carbocycles. The highest BCUT2D eigenvalue weighted by Gasteiger charge is 2.30. The third-order valence-electron chi connectivity index (χ3n) is 8.35. The van der Waals surface area contributed by atoms with E-state index in [1.807, 2.05) is 19.1 Å². The molecule has 0 N–H and O–H groups in total. The van der Waals surface area contributed by atoms with Crippen LogP contribution in [0.3, 0.4) is 0 Å². The first-order valence-corrected chi connectivity index (χ1v) is 13.1. The van der Waals surface area contributed by atoms with Crippen LogP contribution in [0, 0.1) is 29.5 Å². The molecule has 0 saturated heterocycles. The van der Waals surface area contributed by atoms with Crippen LogP contribution < -0.4 is 4.74 Å². The van der Waals surface area contributed by atoms with E-state index in [0.717, 1.165) is 35.5 Å². The predicted molar refractivity (Wildman–Crippen MR) is 134 cm³/mol. The summed E-state index contributed by atoms with van der Waals surface area (Å²) in [6.45, 7) is 6.25. The number of allylic oxidation sites excluding steroid dienone is 1. The van der Waals surface area contributed by atoms with Gasteiger partial charge in [0.15, 0.2) is 11.6 Å². The molecule has 32 heavy (non-hydrogen) atoms. The minimum absolute atomic E-state index is 0.232. The number of ether oxygens (including phenoxy) is 1. The van der Waals surface area contributed by atoms with Crippen LogP contribution in [0.2, 0.25) is 0 Å². The zero-order valence-corrected chi connectivity index (χ0v) is 20.0. The van der Waals surface area contributed by atoms with E-state index < -0.39 is 0 Å². The van der Waals surface area contributed by atoms with Gasteiger partial charge in [0.25, 0.3) is 0 Å². The van der Waals surface area contributed by atoms with Crippen molar-refractivity contribution in [3.05, 3.63) is 54.4 Å². The fourth-order valence-corrected chi connectivity index (χ4v) is 6.36. The standard InChI is InChI=1S/C30H41FO/c1-3-5-6-22-9-14-25(15-10-22)26-16-11-23(12-17-26)7-8-24-13-19-28-27(21-24)18-20-29(30(28)31)32-4-2/h3,13,18-23,25-26H,1,4-12,14-17H2,2H3. The van der Waals surface area contributed by atoms with E-state index in [1.165, 1.54) is 76.2 Å². The van der Waals surface area contributed by atoms with Gasteiger partial charge in [-0.15, -0.1) is 6.58 Å². The molecule has 0 spiro atoms. The molecule has 4 rings (SSSR count). The first-order chi connectivity index (χ1) is 15.7. The summed E-state index contributed by atoms with van der Waals surface area (Å²) in [6.07, 6.45) is 18.5. The van der Waals surface area contributed by atoms with Crippen LogP contribution in [0.25, 0.3) is 10.8 Å². The maximum Gasteiger partial charge on any atom is 0.172 e. The van der Waals surface area contributed by atoms with E-state index in [2.05, 4.69) is 24.8 Å². The quantitative estimate of drug-likeness (QED) is 0.357. The number of hydrogen-bond acceptors (Lipinski definition) is 1. The van der Waals surface area contributed by atoms with E-state index >= 15 is 0 Å². The molecule has 0 heterocycles. The van der Waals surface area contributed by atoms with Crippen molar-refractivity contribution < 1.29 is 9.13 Å². The van der Waals surface area contributed by atoms with Crippen LogP contribution in [0.4, 0.5) is 4.39 Å². The van der Waals surface area contributed by atoms with Gasteiger partial charge in [-0.1, -0.05) is 56.0 Å². The van der Waals surface area contributed by atoms with Crippen molar-refractivity contribution in [2.24, 2.45) is 23.7 Å². The van der Waals surface area contributed by atoms with Gasteiger partial charge in [0.05, 0.1) is 6.61 Å². The van der Waals surface area contributed by atoms with Gasteiger partial charge in [-0.25, -0.2) is 4.39 Å². The largest absolute Gasteiger partial charge is 0.491 e. The lowest BCUT2D eigenvalue weighted by Crippen LogP contribution is -2.26. The van der Waals surface area contributed by atoms with Crippen molar-refractivity contribution in [3.63, 3.8) is 0 Å². The van der Waals surface area contributed by atoms with Crippen LogP contribution in [-0.4, -0.2) is 6.61 Å². The molecule has 0 bridgehead atoms. The Kier molecular flexibility index (Phi) is 8.27. The summed E-state index contributed by atoms with van der Waals surface area (Å²) >= 11 is 0. The summed E-state index contributed by atoms with van der Waals surface area (Å²) in [6, 6.07) is 9.97. The molecule has 174 valence electrons. The second-order valence-corrected chi connectivity index (χ2v) is 10.3. The van der Waals surface area contributed by atoms with Gasteiger partial charge >= 0.3 is 0 Å². The molecule has 2 fully saturated rings. The Balaban J connectivity index is 1.23. The van der Waals surface area contributed by atoms with Gasteiger partial charge in [-0.05, 0) is 99.0 Å². The molecule has 2 heteroatoms. The topological polar surface area (TPSA) is 9.23 Å². The Morgan fingerprint density at radius 1 is 0.906 bits per heavy atom. The molecular formula is C30H41FO. The van der Waals surface area contributed by atoms with Crippen LogP contribution in [-0.2, 0) is 6.42 Å². The fourth-order valence-electron chi connectivity index (χ4n) is 6.36. The molecule has 2 aliphatic carbocycles. The molecule has 0 unspecified atom stereocenters. The average molecular weight is 437 g/mol. The molecule has 0 amide bonds. The van der Waals surface area contributed by atoms with E-state index in [0.29, 0.717) is 17.7 Å². The highest BCUT2D eigenvalue weighted by atomic mass is 19.1. The zero-order chi connectivity index (χ0) is 22.3. The molecule has 2 aromatic carbocycles. The van der Waals surface area contributed by atoms with Crippen molar-refractivity contribution in [1.29, 1.82) is 0 Å². The maximum atomic E-state index is 14.6. The van der Waals surface area contributed by atoms with Crippen molar-refractivity contribution in [3.8, 4) is 5.75 Å². The summed E-state index contributed by atoms with van der Waals surface area (Å²) in [4.78, 5) is 0. The molecule has 0 aliphatic heterocycles. The zero-order valence-electron chi connectivity index (χ0n) is 20.0. The first-order valence-electron chi connectivity index (χ1n) is 13.1. The highest BCUT2D eigenvalue weighted by molar-refractivity contribution is 5.85. The van der Waals surface area contributed by atoms with E-state index in [9.17, 15) is 4.39 Å². The Morgan fingerprint density at radius 3 is 2.19 bits per heavy atom. The van der Waals surface area contributed by atoms with Gasteiger partial charge < -0.3 is 4.74 Å². The Bertz CT molecular complexity index is 872. The lowest BCUT2D eigenvalue weighted by Gasteiger charge is -2.38. The number of hydrogen-bond donors (Lipinski definition) is 0. The number of rotatable bonds is 9. The van der Waals surface area contributed by atoms with E-state index in [1.54, 1.807) is 6.07 Å². The minimum atomic E-state index is -0.232. The SMILES string of the molecule is C=CCCC1CCC(C2CCC(CCc3ccc4c(F)c(OCC)ccc4c3)CC2)CC1. The lowest BCUT2D eigenvalue weighted by molar-refractivity contribution is 0.141. The normalized spacial score (nSPS) is 26.2. The lowest BCUT2D eigenvalue weighted by atomic mass is 9.68. The third-order valence-corrected chi connectivity index (χ3v) is 8.35. The van der Waals surface area contributed by atoms with Crippen LogP contribution in [0.5, 0.6) is 5.75 Å². The molecule has 0 aromatic heterocycles. The summed E-state index contributed by atoms with van der Waals surface area (Å²) in [7, 11) is 0. The van der Waals surface area contributed by atoms with Gasteiger partial charge in [0, 0.05) is 5.39 Å². The molecule has 2 aliphatic rings. The molecule has 1 nitrogen and oxygen atoms in total. The maximum absolute atomic E-state index is 14.6. The van der Waals surface area contributed by atoms with Crippen molar-refractivity contribution in [1.82, 2.24) is 0 Å². The highest BCUT2D eigenvalue weighted by Crippen LogP contribution is 2.43. The molecule has 0 atom stereocenters. The average Bonchev–Trinajstić information content (AvgIpc) is 2.84. The first kappa shape index (κ1) is 23.3. The predicted octanol–water partition coefficient (Wildman–Crippen LogP) is 8.89. The smallest absolute Gasteiger partial charge is 0.172 e. The van der Waals surface area contributed by atoms with Gasteiger partial charge in [-0.2, -0.15) is 0 Å². The molecular weight excluding hydrogens is 395 g/mol. The number of aryl methyl sites for hydroxylation is 1. The summed E-state index contributed by atoms with van der Waals surface area (Å²) in [5.74, 6) is 3.92. The summed E-state index contributed by atoms with van der Waals surface area (Å²) < 4.78 is 20.0. The van der Waals surface area contributed by atoms with Crippen LogP contribution >= 0.6 is 0 Å². The minimum Gasteiger partial charge on any atom is -0.491 e. The fraction of sp³-hybridized carbons (Fsp3) is 0.600. The van der Waals surface area contributed by atoms with Crippen molar-refractivity contribution >= 4 is 10.8 Å². The van der Waals surface area contributed by atoms with Crippen LogP contribution in [0.15, 0.2) is 43.0 Å². The Morgan fingerprint density at radius 2 is 1.56 bits per heavy atom. The van der Waals surface area contributed by atoms with Gasteiger partial charge in [0.1, 0.15) is 0 Å². The van der Waals surface area contributed by atoms with Gasteiger partial charge in [0.2, 0.25) is 0 Å². The van der Waals surface area contributed by atoms with Crippen LogP contribution in [0.1, 0.15) is 83.1 Å². The van der Waals surface area contributed by atoms with Crippen molar-refractivity contribution in [2.75, 3.05) is 6.61 Å². The number of benzene rings is 2. The number of halogens is 1. The van der Waals surface area contributed by atoms with Gasteiger partial charge in [-0.3, -0.25) is 0 Å². The second-order valence-electron chi connectivity index (χ2n) is 10.3. The number of fused-ring (bicyclic) bond motifs is 1. The monoisotopic (exact) mass is 436 g/mol. The summed E-state index contributed by atoms with van der Waals surface area (Å²) in [5.41, 5.74) is 1.33. The third kappa shape index (κ3) is 5.74. The molecule has 0 radical (unpaired) electrons. The Hall–Kier alpha value is -1.83. The van der Waals surface area contributed by atoms with Crippen molar-refractivity contribution in [2.45, 2.75) is 84.0 Å². The van der Waals surface area contributed by atoms with E-state index in [4.69, 9.17) is 4.74 Å². The van der Waals surface area contributed by atoms with E-state index in [-0.39, 0.29) is 5.82 Å².